The predicted octanol–water partition coefficient (Wildman–Crippen LogP) is 2.66. The van der Waals surface area contributed by atoms with Gasteiger partial charge in [0.2, 0.25) is 0 Å². The maximum Gasteiger partial charge on any atom is 0.545 e. The van der Waals surface area contributed by atoms with Crippen LogP contribution < -0.4 is 0 Å². The third-order valence-electron chi connectivity index (χ3n) is 2.06. The van der Waals surface area contributed by atoms with Crippen LogP contribution in [-0.4, -0.2) is 23.5 Å². The summed E-state index contributed by atoms with van der Waals surface area (Å²) in [7, 11) is 0. The first-order valence-electron chi connectivity index (χ1n) is 5.72. The van der Waals surface area contributed by atoms with E-state index >= 15 is 0 Å². The summed E-state index contributed by atoms with van der Waals surface area (Å²) in [5.41, 5.74) is -0.606. The van der Waals surface area contributed by atoms with Gasteiger partial charge in [0.15, 0.2) is 0 Å². The van der Waals surface area contributed by atoms with Gasteiger partial charge in [-0.25, -0.2) is 14.5 Å². The molecule has 7 heteroatoms. The largest absolute Gasteiger partial charge is 0.545 e. The van der Waals surface area contributed by atoms with Gasteiger partial charge >= 0.3 is 12.1 Å². The van der Waals surface area contributed by atoms with Gasteiger partial charge in [-0.05, 0) is 25.3 Å². The van der Waals surface area contributed by atoms with Gasteiger partial charge in [0.25, 0.3) is 5.79 Å². The van der Waals surface area contributed by atoms with Crippen molar-refractivity contribution in [2.45, 2.75) is 52.4 Å². The minimum atomic E-state index is -1.51. The van der Waals surface area contributed by atoms with Crippen molar-refractivity contribution in [2.24, 2.45) is 0 Å². The summed E-state index contributed by atoms with van der Waals surface area (Å²) in [5.74, 6) is -2.24. The van der Waals surface area contributed by atoms with Gasteiger partial charge in [-0.1, -0.05) is 13.5 Å². The fourth-order valence-electron chi connectivity index (χ4n) is 0.718. The average Bonchev–Trinajstić information content (AvgIpc) is 2.27. The Labute approximate surface area is 112 Å². The molecule has 0 spiro atoms. The van der Waals surface area contributed by atoms with Gasteiger partial charge in [0.1, 0.15) is 5.60 Å². The highest BCUT2D eigenvalue weighted by molar-refractivity contribution is 5.81. The Morgan fingerprint density at radius 3 is 2.21 bits per heavy atom. The molecule has 0 aromatic heterocycles. The zero-order chi connectivity index (χ0) is 15.1. The Kier molecular flexibility index (Phi) is 6.51. The Balaban J connectivity index is 4.10. The Bertz CT molecular complexity index is 333. The molecule has 0 fully saturated rings. The first-order valence-corrected chi connectivity index (χ1v) is 5.72. The average molecular weight is 276 g/mol. The molecular formula is C12H20O7. The van der Waals surface area contributed by atoms with Crippen molar-refractivity contribution >= 4 is 12.1 Å². The normalized spacial score (nSPS) is 11.6. The lowest BCUT2D eigenvalue weighted by Crippen LogP contribution is -2.34. The van der Waals surface area contributed by atoms with Crippen LogP contribution in [0.4, 0.5) is 4.79 Å². The van der Waals surface area contributed by atoms with Gasteiger partial charge in [0, 0.05) is 19.9 Å². The molecule has 0 aromatic carbocycles. The number of rotatable bonds is 7. The molecule has 0 saturated heterocycles. The van der Waals surface area contributed by atoms with Crippen LogP contribution >= 0.6 is 0 Å². The summed E-state index contributed by atoms with van der Waals surface area (Å²) in [5, 5.41) is 4.29. The standard InChI is InChI=1S/C12H20O7/c1-7-9(13)15-12(5,6)16-10(14)17-19-18-11(3,4)8-2/h7H,1,8H2,2-6H3. The summed E-state index contributed by atoms with van der Waals surface area (Å²) in [6.45, 7) is 11.3. The van der Waals surface area contributed by atoms with Crippen LogP contribution in [0.1, 0.15) is 41.0 Å². The third-order valence-corrected chi connectivity index (χ3v) is 2.06. The lowest BCUT2D eigenvalue weighted by atomic mass is 10.1. The first-order chi connectivity index (χ1) is 8.62. The zero-order valence-electron chi connectivity index (χ0n) is 11.8. The number of carbonyl (C=O) groups excluding carboxylic acids is 2. The second-order valence-corrected chi connectivity index (χ2v) is 4.73. The van der Waals surface area contributed by atoms with Gasteiger partial charge in [0.05, 0.1) is 0 Å². The minimum Gasteiger partial charge on any atom is -0.420 e. The topological polar surface area (TPSA) is 80.3 Å². The predicted molar refractivity (Wildman–Crippen MR) is 64.5 cm³/mol. The molecule has 0 rings (SSSR count). The molecule has 110 valence electrons. The van der Waals surface area contributed by atoms with E-state index in [1.807, 2.05) is 6.92 Å². The van der Waals surface area contributed by atoms with Gasteiger partial charge in [-0.15, -0.1) is 0 Å². The van der Waals surface area contributed by atoms with Crippen molar-refractivity contribution in [3.8, 4) is 0 Å². The summed E-state index contributed by atoms with van der Waals surface area (Å²) >= 11 is 0. The number of hydrogen-bond acceptors (Lipinski definition) is 7. The van der Waals surface area contributed by atoms with Crippen LogP contribution in [0, 0.1) is 0 Å². The van der Waals surface area contributed by atoms with Crippen molar-refractivity contribution < 1.29 is 33.9 Å². The van der Waals surface area contributed by atoms with E-state index in [4.69, 9.17) is 14.4 Å². The molecule has 0 aliphatic heterocycles. The Hall–Kier alpha value is -1.60. The first kappa shape index (κ1) is 17.4. The summed E-state index contributed by atoms with van der Waals surface area (Å²) < 4.78 is 9.45. The summed E-state index contributed by atoms with van der Waals surface area (Å²) in [6, 6.07) is 0. The number of esters is 1. The van der Waals surface area contributed by atoms with E-state index in [0.717, 1.165) is 6.08 Å². The molecule has 7 nitrogen and oxygen atoms in total. The van der Waals surface area contributed by atoms with Gasteiger partial charge < -0.3 is 9.47 Å². The van der Waals surface area contributed by atoms with Crippen molar-refractivity contribution in [3.05, 3.63) is 12.7 Å². The second-order valence-electron chi connectivity index (χ2n) is 4.73. The number of ether oxygens (including phenoxy) is 2. The van der Waals surface area contributed by atoms with Crippen LogP contribution in [-0.2, 0) is 29.1 Å². The fraction of sp³-hybridized carbons (Fsp3) is 0.667. The molecule has 0 aromatic rings. The fourth-order valence-corrected chi connectivity index (χ4v) is 0.718. The van der Waals surface area contributed by atoms with E-state index < -0.39 is 23.5 Å². The second kappa shape index (κ2) is 7.10. The van der Waals surface area contributed by atoms with Crippen LogP contribution in [0.25, 0.3) is 0 Å². The zero-order valence-corrected chi connectivity index (χ0v) is 11.8. The van der Waals surface area contributed by atoms with Crippen LogP contribution in [0.5, 0.6) is 0 Å². The van der Waals surface area contributed by atoms with Gasteiger partial charge in [-0.2, -0.15) is 4.89 Å². The van der Waals surface area contributed by atoms with Crippen molar-refractivity contribution in [3.63, 3.8) is 0 Å². The highest BCUT2D eigenvalue weighted by Gasteiger charge is 2.29. The number of hydrogen-bond donors (Lipinski definition) is 0. The third kappa shape index (κ3) is 8.17. The van der Waals surface area contributed by atoms with Crippen LogP contribution in [0.2, 0.25) is 0 Å². The van der Waals surface area contributed by atoms with E-state index in [1.54, 1.807) is 13.8 Å². The van der Waals surface area contributed by atoms with Gasteiger partial charge in [-0.3, -0.25) is 0 Å². The van der Waals surface area contributed by atoms with Crippen molar-refractivity contribution in [1.82, 2.24) is 0 Å². The molecule has 0 bridgehead atoms. The molecule has 0 radical (unpaired) electrons. The van der Waals surface area contributed by atoms with Crippen LogP contribution in [0.15, 0.2) is 12.7 Å². The summed E-state index contributed by atoms with van der Waals surface area (Å²) in [4.78, 5) is 31.3. The number of carbonyl (C=O) groups is 2. The molecule has 0 heterocycles. The van der Waals surface area contributed by atoms with Crippen molar-refractivity contribution in [2.75, 3.05) is 0 Å². The van der Waals surface area contributed by atoms with E-state index in [2.05, 4.69) is 16.5 Å². The molecule has 0 saturated carbocycles. The van der Waals surface area contributed by atoms with E-state index in [9.17, 15) is 9.59 Å². The molecule has 0 N–H and O–H groups in total. The Morgan fingerprint density at radius 2 is 1.74 bits per heavy atom. The maximum atomic E-state index is 11.2. The molecular weight excluding hydrogens is 256 g/mol. The highest BCUT2D eigenvalue weighted by Crippen LogP contribution is 2.16. The van der Waals surface area contributed by atoms with E-state index in [0.29, 0.717) is 6.42 Å². The Morgan fingerprint density at radius 1 is 1.16 bits per heavy atom. The monoisotopic (exact) mass is 276 g/mol. The maximum absolute atomic E-state index is 11.2. The lowest BCUT2D eigenvalue weighted by Gasteiger charge is -2.23. The highest BCUT2D eigenvalue weighted by atomic mass is 17.5. The summed E-state index contributed by atoms with van der Waals surface area (Å²) in [6.07, 6.45) is 0.391. The molecule has 0 amide bonds. The molecule has 0 atom stereocenters. The molecule has 19 heavy (non-hydrogen) atoms. The molecule has 0 aliphatic rings. The van der Waals surface area contributed by atoms with E-state index in [1.165, 1.54) is 13.8 Å². The van der Waals surface area contributed by atoms with E-state index in [-0.39, 0.29) is 0 Å². The van der Waals surface area contributed by atoms with Crippen LogP contribution in [0.3, 0.4) is 0 Å². The molecule has 0 aliphatic carbocycles. The lowest BCUT2D eigenvalue weighted by molar-refractivity contribution is -0.518. The molecule has 0 unspecified atom stereocenters. The minimum absolute atomic E-state index is 0.606. The quantitative estimate of drug-likeness (QED) is 0.232. The van der Waals surface area contributed by atoms with Crippen molar-refractivity contribution in [1.29, 1.82) is 0 Å². The SMILES string of the molecule is C=CC(=O)OC(C)(C)OC(=O)OOOC(C)(C)CC. The smallest absolute Gasteiger partial charge is 0.420 e.